The first-order valence-corrected chi connectivity index (χ1v) is 8.65. The van der Waals surface area contributed by atoms with E-state index >= 15 is 0 Å². The number of carbonyl (C=O) groups excluding carboxylic acids is 1. The maximum atomic E-state index is 14.2. The fourth-order valence-corrected chi connectivity index (χ4v) is 3.12. The van der Waals surface area contributed by atoms with E-state index in [-0.39, 0.29) is 5.56 Å². The van der Waals surface area contributed by atoms with Crippen molar-refractivity contribution in [1.82, 2.24) is 15.0 Å². The van der Waals surface area contributed by atoms with Crippen molar-refractivity contribution in [3.05, 3.63) is 76.8 Å². The van der Waals surface area contributed by atoms with Gasteiger partial charge in [-0.15, -0.1) is 0 Å². The van der Waals surface area contributed by atoms with Crippen LogP contribution in [0.3, 0.4) is 0 Å². The van der Waals surface area contributed by atoms with Crippen LogP contribution in [0, 0.1) is 11.6 Å². The number of fused-ring (bicyclic) bond motifs is 1. The normalized spacial score (nSPS) is 10.9. The Balaban J connectivity index is 1.72. The fourth-order valence-electron chi connectivity index (χ4n) is 2.79. The Kier molecular flexibility index (Phi) is 4.41. The maximum absolute atomic E-state index is 14.2. The molecule has 0 radical (unpaired) electrons. The van der Waals surface area contributed by atoms with Crippen LogP contribution in [-0.2, 0) is 0 Å². The third kappa shape index (κ3) is 3.31. The van der Waals surface area contributed by atoms with Crippen molar-refractivity contribution in [1.29, 1.82) is 0 Å². The highest BCUT2D eigenvalue weighted by Crippen LogP contribution is 2.30. The molecule has 0 saturated carbocycles. The first-order valence-electron chi connectivity index (χ1n) is 7.86. The molecule has 3 heterocycles. The molecule has 134 valence electrons. The van der Waals surface area contributed by atoms with Crippen LogP contribution in [0.5, 0.6) is 0 Å². The zero-order valence-corrected chi connectivity index (χ0v) is 15.2. The van der Waals surface area contributed by atoms with Gasteiger partial charge in [-0.3, -0.25) is 9.78 Å². The Labute approximate surface area is 160 Å². The molecule has 0 spiro atoms. The monoisotopic (exact) mass is 428 g/mol. The van der Waals surface area contributed by atoms with Crippen LogP contribution < -0.4 is 5.32 Å². The summed E-state index contributed by atoms with van der Waals surface area (Å²) in [5.41, 5.74) is 1.82. The van der Waals surface area contributed by atoms with E-state index in [9.17, 15) is 13.6 Å². The van der Waals surface area contributed by atoms with E-state index in [1.54, 1.807) is 24.5 Å². The maximum Gasteiger partial charge on any atom is 0.257 e. The van der Waals surface area contributed by atoms with Crippen LogP contribution in [-0.4, -0.2) is 20.9 Å². The summed E-state index contributed by atoms with van der Waals surface area (Å²) >= 11 is 3.33. The SMILES string of the molecule is O=C(Nc1cnccc1-c1ccc(F)cc1F)c1c[nH]c2ncc(Br)cc12. The molecule has 27 heavy (non-hydrogen) atoms. The van der Waals surface area contributed by atoms with Gasteiger partial charge in [0, 0.05) is 45.6 Å². The van der Waals surface area contributed by atoms with Gasteiger partial charge >= 0.3 is 0 Å². The number of anilines is 1. The third-order valence-electron chi connectivity index (χ3n) is 4.03. The topological polar surface area (TPSA) is 70.7 Å². The molecule has 3 aromatic heterocycles. The highest BCUT2D eigenvalue weighted by molar-refractivity contribution is 9.10. The largest absolute Gasteiger partial charge is 0.345 e. The molecule has 1 aromatic carbocycles. The standard InChI is InChI=1S/C19H11BrF2N4O/c20-10-5-14-15(8-25-18(14)24-7-10)19(27)26-17-9-23-4-3-13(17)12-2-1-11(21)6-16(12)22/h1-9H,(H,24,25)(H,26,27). The van der Waals surface area contributed by atoms with Gasteiger partial charge in [0.05, 0.1) is 17.4 Å². The third-order valence-corrected chi connectivity index (χ3v) is 4.47. The molecule has 0 saturated heterocycles. The lowest BCUT2D eigenvalue weighted by Crippen LogP contribution is -2.12. The Morgan fingerprint density at radius 2 is 1.96 bits per heavy atom. The van der Waals surface area contributed by atoms with E-state index < -0.39 is 17.5 Å². The lowest BCUT2D eigenvalue weighted by atomic mass is 10.0. The summed E-state index contributed by atoms with van der Waals surface area (Å²) in [6.45, 7) is 0. The van der Waals surface area contributed by atoms with E-state index in [4.69, 9.17) is 0 Å². The van der Waals surface area contributed by atoms with Crippen LogP contribution in [0.4, 0.5) is 14.5 Å². The van der Waals surface area contributed by atoms with Crippen molar-refractivity contribution in [3.8, 4) is 11.1 Å². The number of amides is 1. The summed E-state index contributed by atoms with van der Waals surface area (Å²) in [5, 5.41) is 3.38. The molecule has 1 amide bonds. The van der Waals surface area contributed by atoms with E-state index in [0.29, 0.717) is 27.8 Å². The molecule has 0 atom stereocenters. The summed E-state index contributed by atoms with van der Waals surface area (Å²) in [4.78, 5) is 23.9. The van der Waals surface area contributed by atoms with Crippen molar-refractivity contribution in [3.63, 3.8) is 0 Å². The van der Waals surface area contributed by atoms with E-state index in [0.717, 1.165) is 16.6 Å². The molecule has 0 bridgehead atoms. The average molecular weight is 429 g/mol. The van der Waals surface area contributed by atoms with Gasteiger partial charge in [-0.2, -0.15) is 0 Å². The lowest BCUT2D eigenvalue weighted by molar-refractivity contribution is 0.102. The number of pyridine rings is 2. The van der Waals surface area contributed by atoms with Crippen molar-refractivity contribution in [2.75, 3.05) is 5.32 Å². The number of nitrogens with one attached hydrogen (secondary N) is 2. The molecule has 4 aromatic rings. The summed E-state index contributed by atoms with van der Waals surface area (Å²) < 4.78 is 28.1. The van der Waals surface area contributed by atoms with Gasteiger partial charge in [-0.05, 0) is 40.2 Å². The predicted octanol–water partition coefficient (Wildman–Crippen LogP) is 4.92. The number of hydrogen-bond donors (Lipinski definition) is 2. The van der Waals surface area contributed by atoms with Gasteiger partial charge in [-0.25, -0.2) is 13.8 Å². The second-order valence-electron chi connectivity index (χ2n) is 5.75. The highest BCUT2D eigenvalue weighted by Gasteiger charge is 2.17. The van der Waals surface area contributed by atoms with E-state index in [1.807, 2.05) is 0 Å². The summed E-state index contributed by atoms with van der Waals surface area (Å²) in [6, 6.07) is 6.61. The Bertz CT molecular complexity index is 1180. The van der Waals surface area contributed by atoms with Crippen LogP contribution >= 0.6 is 15.9 Å². The number of nitrogens with zero attached hydrogens (tertiary/aromatic N) is 2. The zero-order chi connectivity index (χ0) is 19.0. The predicted molar refractivity (Wildman–Crippen MR) is 101 cm³/mol. The lowest BCUT2D eigenvalue weighted by Gasteiger charge is -2.11. The quantitative estimate of drug-likeness (QED) is 0.486. The molecule has 4 rings (SSSR count). The number of halogens is 3. The minimum Gasteiger partial charge on any atom is -0.345 e. The molecule has 0 aliphatic rings. The number of H-pyrrole nitrogens is 1. The number of benzene rings is 1. The number of rotatable bonds is 3. The molecular formula is C19H11BrF2N4O. The number of aromatic amines is 1. The highest BCUT2D eigenvalue weighted by atomic mass is 79.9. The summed E-state index contributed by atoms with van der Waals surface area (Å²) in [7, 11) is 0. The van der Waals surface area contributed by atoms with Gasteiger partial charge in [0.2, 0.25) is 0 Å². The van der Waals surface area contributed by atoms with Crippen LogP contribution in [0.25, 0.3) is 22.2 Å². The minimum atomic E-state index is -0.725. The molecule has 8 heteroatoms. The Hall–Kier alpha value is -3.13. The first-order chi connectivity index (χ1) is 13.0. The number of carbonyl (C=O) groups is 1. The Morgan fingerprint density at radius 3 is 2.78 bits per heavy atom. The molecule has 5 nitrogen and oxygen atoms in total. The fraction of sp³-hybridized carbons (Fsp3) is 0. The molecule has 0 aliphatic heterocycles. The van der Waals surface area contributed by atoms with E-state index in [1.165, 1.54) is 18.5 Å². The van der Waals surface area contributed by atoms with Gasteiger partial charge in [-0.1, -0.05) is 0 Å². The van der Waals surface area contributed by atoms with Crippen LogP contribution in [0.1, 0.15) is 10.4 Å². The zero-order valence-electron chi connectivity index (χ0n) is 13.6. The molecular weight excluding hydrogens is 418 g/mol. The first kappa shape index (κ1) is 17.3. The average Bonchev–Trinajstić information content (AvgIpc) is 3.05. The molecule has 2 N–H and O–H groups in total. The molecule has 0 aliphatic carbocycles. The second-order valence-corrected chi connectivity index (χ2v) is 6.67. The number of hydrogen-bond acceptors (Lipinski definition) is 3. The summed E-state index contributed by atoms with van der Waals surface area (Å²) in [5.74, 6) is -1.80. The second kappa shape index (κ2) is 6.88. The smallest absolute Gasteiger partial charge is 0.257 e. The van der Waals surface area contributed by atoms with Gasteiger partial charge in [0.1, 0.15) is 17.3 Å². The molecule has 0 unspecified atom stereocenters. The van der Waals surface area contributed by atoms with Gasteiger partial charge in [0.15, 0.2) is 0 Å². The number of aromatic nitrogens is 3. The van der Waals surface area contributed by atoms with Gasteiger partial charge < -0.3 is 10.3 Å². The van der Waals surface area contributed by atoms with Gasteiger partial charge in [0.25, 0.3) is 5.91 Å². The molecule has 0 fully saturated rings. The van der Waals surface area contributed by atoms with Crippen molar-refractivity contribution >= 4 is 38.6 Å². The summed E-state index contributed by atoms with van der Waals surface area (Å²) in [6.07, 6.45) is 6.06. The van der Waals surface area contributed by atoms with Crippen LogP contribution in [0.2, 0.25) is 0 Å². The minimum absolute atomic E-state index is 0.164. The van der Waals surface area contributed by atoms with Crippen LogP contribution in [0.15, 0.2) is 59.6 Å². The van der Waals surface area contributed by atoms with Crippen molar-refractivity contribution in [2.45, 2.75) is 0 Å². The van der Waals surface area contributed by atoms with Crippen molar-refractivity contribution in [2.24, 2.45) is 0 Å². The van der Waals surface area contributed by atoms with E-state index in [2.05, 4.69) is 36.2 Å². The Morgan fingerprint density at radius 1 is 1.11 bits per heavy atom. The van der Waals surface area contributed by atoms with Crippen molar-refractivity contribution < 1.29 is 13.6 Å².